The molecule has 0 saturated carbocycles. The van der Waals surface area contributed by atoms with Crippen molar-refractivity contribution >= 4 is 11.8 Å². The fraction of sp³-hybridized carbons (Fsp3) is 0.889. The zero-order chi connectivity index (χ0) is 17.3. The third kappa shape index (κ3) is 3.18. The van der Waals surface area contributed by atoms with Gasteiger partial charge in [-0.2, -0.15) is 0 Å². The number of piperidine rings is 2. The Morgan fingerprint density at radius 3 is 2.67 bits per heavy atom. The highest BCUT2D eigenvalue weighted by Gasteiger charge is 2.52. The SMILES string of the molecule is CC(=O)N(C)C1CCCN(CCN2[C@@H]3CCC[C@@]2(C(N)=O)CC3)C1. The van der Waals surface area contributed by atoms with Gasteiger partial charge in [-0.25, -0.2) is 0 Å². The molecule has 0 aromatic rings. The van der Waals surface area contributed by atoms with Gasteiger partial charge >= 0.3 is 0 Å². The number of carbonyl (C=O) groups is 2. The lowest BCUT2D eigenvalue weighted by Crippen LogP contribution is -2.60. The third-order valence-electron chi connectivity index (χ3n) is 6.65. The van der Waals surface area contributed by atoms with Crippen LogP contribution < -0.4 is 5.73 Å². The largest absolute Gasteiger partial charge is 0.368 e. The number of likely N-dealkylation sites (tertiary alicyclic amines) is 1. The Morgan fingerprint density at radius 1 is 1.17 bits per heavy atom. The summed E-state index contributed by atoms with van der Waals surface area (Å²) in [6.45, 7) is 5.56. The zero-order valence-electron chi connectivity index (χ0n) is 15.2. The maximum atomic E-state index is 12.1. The molecule has 3 heterocycles. The Labute approximate surface area is 145 Å². The first-order valence-electron chi connectivity index (χ1n) is 9.46. The summed E-state index contributed by atoms with van der Waals surface area (Å²) in [5.41, 5.74) is 5.41. The molecule has 3 saturated heterocycles. The second kappa shape index (κ2) is 7.00. The standard InChI is InChI=1S/C18H32N4O2/c1-14(23)20(2)16-6-4-10-21(13-16)11-12-22-15-5-3-8-18(22,9-7-15)17(19)24/h15-16H,3-13H2,1-2H3,(H2,19,24)/t15-,16?,18+/m1/s1. The van der Waals surface area contributed by atoms with Gasteiger partial charge in [-0.05, 0) is 51.5 Å². The molecule has 6 heteroatoms. The minimum atomic E-state index is -0.381. The second-order valence-electron chi connectivity index (χ2n) is 7.90. The van der Waals surface area contributed by atoms with E-state index >= 15 is 0 Å². The van der Waals surface area contributed by atoms with E-state index in [9.17, 15) is 9.59 Å². The van der Waals surface area contributed by atoms with Crippen LogP contribution in [0.25, 0.3) is 0 Å². The molecule has 6 nitrogen and oxygen atoms in total. The molecule has 0 aromatic heterocycles. The van der Waals surface area contributed by atoms with E-state index in [0.29, 0.717) is 12.1 Å². The summed E-state index contributed by atoms with van der Waals surface area (Å²) >= 11 is 0. The predicted octanol–water partition coefficient (Wildman–Crippen LogP) is 0.802. The normalized spacial score (nSPS) is 34.2. The van der Waals surface area contributed by atoms with Crippen LogP contribution in [0.4, 0.5) is 0 Å². The zero-order valence-corrected chi connectivity index (χ0v) is 15.2. The quantitative estimate of drug-likeness (QED) is 0.806. The van der Waals surface area contributed by atoms with E-state index in [0.717, 1.165) is 64.7 Å². The number of fused-ring (bicyclic) bond motifs is 2. The number of carbonyl (C=O) groups excluding carboxylic acids is 2. The van der Waals surface area contributed by atoms with Gasteiger partial charge in [0.2, 0.25) is 11.8 Å². The minimum Gasteiger partial charge on any atom is -0.368 e. The number of rotatable bonds is 5. The maximum absolute atomic E-state index is 12.1. The highest BCUT2D eigenvalue weighted by Crippen LogP contribution is 2.43. The summed E-state index contributed by atoms with van der Waals surface area (Å²) in [5.74, 6) is 0.0149. The van der Waals surface area contributed by atoms with Crippen LogP contribution in [0.1, 0.15) is 51.9 Å². The monoisotopic (exact) mass is 336 g/mol. The van der Waals surface area contributed by atoms with Crippen LogP contribution in [0.5, 0.6) is 0 Å². The Kier molecular flexibility index (Phi) is 5.16. The molecular formula is C18H32N4O2. The van der Waals surface area contributed by atoms with Crippen molar-refractivity contribution in [2.24, 2.45) is 5.73 Å². The highest BCUT2D eigenvalue weighted by atomic mass is 16.2. The van der Waals surface area contributed by atoms with Gasteiger partial charge in [-0.1, -0.05) is 0 Å². The molecule has 24 heavy (non-hydrogen) atoms. The summed E-state index contributed by atoms with van der Waals surface area (Å²) in [7, 11) is 1.91. The Hall–Kier alpha value is -1.14. The Bertz CT molecular complexity index is 493. The molecule has 3 atom stereocenters. The molecule has 0 aromatic carbocycles. The third-order valence-corrected chi connectivity index (χ3v) is 6.65. The lowest BCUT2D eigenvalue weighted by Gasteiger charge is -2.44. The van der Waals surface area contributed by atoms with Crippen LogP contribution in [0.3, 0.4) is 0 Å². The van der Waals surface area contributed by atoms with Gasteiger partial charge in [0, 0.05) is 45.7 Å². The summed E-state index contributed by atoms with van der Waals surface area (Å²) in [4.78, 5) is 30.5. The van der Waals surface area contributed by atoms with E-state index in [4.69, 9.17) is 5.73 Å². The van der Waals surface area contributed by atoms with Crippen molar-refractivity contribution in [1.29, 1.82) is 0 Å². The number of hydrogen-bond acceptors (Lipinski definition) is 4. The molecule has 3 rings (SSSR count). The highest BCUT2D eigenvalue weighted by molar-refractivity contribution is 5.85. The Morgan fingerprint density at radius 2 is 1.96 bits per heavy atom. The first kappa shape index (κ1) is 17.7. The van der Waals surface area contributed by atoms with Crippen LogP contribution in [-0.4, -0.2) is 77.4 Å². The minimum absolute atomic E-state index is 0.127. The van der Waals surface area contributed by atoms with Gasteiger partial charge in [0.15, 0.2) is 0 Å². The fourth-order valence-electron chi connectivity index (χ4n) is 5.09. The van der Waals surface area contributed by atoms with Crippen molar-refractivity contribution in [2.75, 3.05) is 33.2 Å². The Balaban J connectivity index is 1.59. The number of nitrogens with two attached hydrogens (primary N) is 1. The van der Waals surface area contributed by atoms with Crippen molar-refractivity contribution in [3.63, 3.8) is 0 Å². The predicted molar refractivity (Wildman–Crippen MR) is 93.4 cm³/mol. The number of nitrogens with zero attached hydrogens (tertiary/aromatic N) is 3. The van der Waals surface area contributed by atoms with E-state index in [-0.39, 0.29) is 17.4 Å². The fourth-order valence-corrected chi connectivity index (χ4v) is 5.09. The van der Waals surface area contributed by atoms with Gasteiger partial charge in [0.1, 0.15) is 5.54 Å². The van der Waals surface area contributed by atoms with E-state index in [1.54, 1.807) is 6.92 Å². The van der Waals surface area contributed by atoms with Crippen LogP contribution in [0.2, 0.25) is 0 Å². The topological polar surface area (TPSA) is 69.9 Å². The molecule has 2 bridgehead atoms. The average molecular weight is 336 g/mol. The summed E-state index contributed by atoms with van der Waals surface area (Å²) in [6, 6.07) is 0.853. The van der Waals surface area contributed by atoms with E-state index < -0.39 is 0 Å². The van der Waals surface area contributed by atoms with Gasteiger partial charge < -0.3 is 15.5 Å². The lowest BCUT2D eigenvalue weighted by molar-refractivity contribution is -0.133. The molecular weight excluding hydrogens is 304 g/mol. The number of hydrogen-bond donors (Lipinski definition) is 1. The summed E-state index contributed by atoms with van der Waals surface area (Å²) in [6.07, 6.45) is 7.51. The molecule has 0 radical (unpaired) electrons. The first-order chi connectivity index (χ1) is 11.4. The molecule has 136 valence electrons. The smallest absolute Gasteiger partial charge is 0.237 e. The van der Waals surface area contributed by atoms with Crippen molar-refractivity contribution in [2.45, 2.75) is 69.5 Å². The van der Waals surface area contributed by atoms with Crippen molar-refractivity contribution in [3.05, 3.63) is 0 Å². The van der Waals surface area contributed by atoms with Gasteiger partial charge in [0.25, 0.3) is 0 Å². The molecule has 2 amide bonds. The lowest BCUT2D eigenvalue weighted by atomic mass is 9.87. The molecule has 2 N–H and O–H groups in total. The van der Waals surface area contributed by atoms with Crippen LogP contribution in [0, 0.1) is 0 Å². The molecule has 0 aliphatic carbocycles. The molecule has 3 fully saturated rings. The number of likely N-dealkylation sites (N-methyl/N-ethyl adjacent to an activating group) is 1. The second-order valence-corrected chi connectivity index (χ2v) is 7.90. The maximum Gasteiger partial charge on any atom is 0.237 e. The summed E-state index contributed by atoms with van der Waals surface area (Å²) < 4.78 is 0. The van der Waals surface area contributed by atoms with Crippen molar-refractivity contribution in [1.82, 2.24) is 14.7 Å². The number of amides is 2. The number of primary amides is 1. The molecule has 3 aliphatic rings. The van der Waals surface area contributed by atoms with Crippen LogP contribution in [-0.2, 0) is 9.59 Å². The van der Waals surface area contributed by atoms with Crippen molar-refractivity contribution in [3.8, 4) is 0 Å². The average Bonchev–Trinajstić information content (AvgIpc) is 2.77. The summed E-state index contributed by atoms with van der Waals surface area (Å²) in [5, 5.41) is 0. The molecule has 3 aliphatic heterocycles. The van der Waals surface area contributed by atoms with E-state index in [1.165, 1.54) is 6.42 Å². The van der Waals surface area contributed by atoms with Gasteiger partial charge in [-0.15, -0.1) is 0 Å². The van der Waals surface area contributed by atoms with E-state index in [2.05, 4.69) is 9.80 Å². The van der Waals surface area contributed by atoms with Gasteiger partial charge in [-0.3, -0.25) is 14.5 Å². The first-order valence-corrected chi connectivity index (χ1v) is 9.46. The van der Waals surface area contributed by atoms with Crippen LogP contribution >= 0.6 is 0 Å². The van der Waals surface area contributed by atoms with Crippen LogP contribution in [0.15, 0.2) is 0 Å². The van der Waals surface area contributed by atoms with Crippen molar-refractivity contribution < 1.29 is 9.59 Å². The van der Waals surface area contributed by atoms with E-state index in [1.807, 2.05) is 11.9 Å². The van der Waals surface area contributed by atoms with Gasteiger partial charge in [0.05, 0.1) is 0 Å². The molecule has 1 unspecified atom stereocenters. The molecule has 0 spiro atoms.